The number of hydrogen-bond acceptors (Lipinski definition) is 6. The molecule has 12 heteroatoms. The number of ketones is 1. The van der Waals surface area contributed by atoms with E-state index in [2.05, 4.69) is 21.0 Å². The number of Topliss-reactive ketones (excluding diaryl/α,β-unsaturated/α-hetero) is 1. The molecule has 1 aromatic carbocycles. The number of aromatic nitrogens is 2. The molecule has 0 bridgehead atoms. The van der Waals surface area contributed by atoms with Gasteiger partial charge in [0.1, 0.15) is 5.82 Å². The third kappa shape index (κ3) is 6.96. The van der Waals surface area contributed by atoms with Crippen molar-refractivity contribution < 1.29 is 33.8 Å². The number of benzene rings is 1. The van der Waals surface area contributed by atoms with Gasteiger partial charge in [0, 0.05) is 45.0 Å². The fourth-order valence-corrected chi connectivity index (χ4v) is 3.34. The third-order valence-corrected chi connectivity index (χ3v) is 4.94. The Balaban J connectivity index is 0.000000501. The van der Waals surface area contributed by atoms with Crippen LogP contribution >= 0.6 is 15.9 Å². The number of carboxylic acids is 2. The Kier molecular flexibility index (Phi) is 8.39. The Hall–Kier alpha value is -3.12. The van der Waals surface area contributed by atoms with Crippen molar-refractivity contribution in [3.8, 4) is 0 Å². The van der Waals surface area contributed by atoms with Gasteiger partial charge in [0.2, 0.25) is 0 Å². The van der Waals surface area contributed by atoms with Crippen LogP contribution in [-0.2, 0) is 16.6 Å². The molecule has 2 heterocycles. The van der Waals surface area contributed by atoms with Crippen LogP contribution in [0.15, 0.2) is 34.9 Å². The zero-order chi connectivity index (χ0) is 23.1. The molecule has 1 amide bonds. The van der Waals surface area contributed by atoms with E-state index in [1.807, 2.05) is 4.90 Å². The molecule has 2 aromatic rings. The molecule has 3 rings (SSSR count). The summed E-state index contributed by atoms with van der Waals surface area (Å²) in [7, 11) is 1.76. The van der Waals surface area contributed by atoms with E-state index in [1.54, 1.807) is 22.8 Å². The quantitative estimate of drug-likeness (QED) is 0.473. The maximum atomic E-state index is 12.9. The number of aliphatic carboxylic acids is 2. The molecule has 0 saturated carbocycles. The number of carbonyl (C=O) groups is 4. The van der Waals surface area contributed by atoms with Gasteiger partial charge < -0.3 is 15.1 Å². The van der Waals surface area contributed by atoms with E-state index in [0.29, 0.717) is 41.9 Å². The summed E-state index contributed by atoms with van der Waals surface area (Å²) in [4.78, 5) is 46.7. The van der Waals surface area contributed by atoms with E-state index in [0.717, 1.165) is 0 Å². The summed E-state index contributed by atoms with van der Waals surface area (Å²) in [6.45, 7) is 2.57. The molecule has 2 N–H and O–H groups in total. The highest BCUT2D eigenvalue weighted by molar-refractivity contribution is 9.10. The Morgan fingerprint density at radius 1 is 1.03 bits per heavy atom. The van der Waals surface area contributed by atoms with E-state index in [-0.39, 0.29) is 24.1 Å². The highest BCUT2D eigenvalue weighted by Crippen LogP contribution is 2.17. The van der Waals surface area contributed by atoms with Gasteiger partial charge in [-0.2, -0.15) is 5.10 Å². The highest BCUT2D eigenvalue weighted by Gasteiger charge is 2.26. The number of amides is 1. The number of hydrogen-bond donors (Lipinski definition) is 2. The number of carboxylic acid groups (broad SMARTS) is 2. The van der Waals surface area contributed by atoms with E-state index < -0.39 is 11.9 Å². The standard InChI is InChI=1S/C17H18BrFN4O2.C2H2O4/c1-21-10-14(18)16(20-21)17(25)23-8-6-22(7-9-23)11-15(24)12-2-4-13(19)5-3-12;3-1(4)2(5)6/h2-5,10H,6-9,11H2,1H3;(H,3,4)(H,5,6). The molecule has 1 saturated heterocycles. The number of nitrogens with zero attached hydrogens (tertiary/aromatic N) is 4. The normalized spacial score (nSPS) is 13.8. The van der Waals surface area contributed by atoms with Gasteiger partial charge in [-0.25, -0.2) is 14.0 Å². The predicted octanol–water partition coefficient (Wildman–Crippen LogP) is 1.12. The van der Waals surface area contributed by atoms with Gasteiger partial charge in [0.25, 0.3) is 5.91 Å². The predicted molar refractivity (Wildman–Crippen MR) is 109 cm³/mol. The summed E-state index contributed by atoms with van der Waals surface area (Å²) in [5, 5.41) is 19.0. The molecule has 31 heavy (non-hydrogen) atoms. The summed E-state index contributed by atoms with van der Waals surface area (Å²) in [6, 6.07) is 5.56. The second-order valence-corrected chi connectivity index (χ2v) is 7.46. The van der Waals surface area contributed by atoms with Crippen molar-refractivity contribution >= 4 is 39.6 Å². The molecule has 10 nitrogen and oxygen atoms in total. The van der Waals surface area contributed by atoms with Crippen LogP contribution in [0.5, 0.6) is 0 Å². The van der Waals surface area contributed by atoms with Crippen LogP contribution in [0.1, 0.15) is 20.8 Å². The first-order chi connectivity index (χ1) is 14.6. The lowest BCUT2D eigenvalue weighted by Crippen LogP contribution is -2.50. The maximum absolute atomic E-state index is 12.9. The first-order valence-corrected chi connectivity index (χ1v) is 9.83. The molecule has 166 valence electrons. The van der Waals surface area contributed by atoms with Crippen LogP contribution in [0.2, 0.25) is 0 Å². The maximum Gasteiger partial charge on any atom is 0.414 e. The minimum Gasteiger partial charge on any atom is -0.473 e. The lowest BCUT2D eigenvalue weighted by molar-refractivity contribution is -0.159. The Morgan fingerprint density at radius 2 is 1.58 bits per heavy atom. The molecular weight excluding hydrogens is 479 g/mol. The molecule has 1 fully saturated rings. The fourth-order valence-electron chi connectivity index (χ4n) is 2.79. The molecule has 1 aromatic heterocycles. The van der Waals surface area contributed by atoms with Gasteiger partial charge in [-0.3, -0.25) is 19.2 Å². The van der Waals surface area contributed by atoms with Crippen molar-refractivity contribution in [2.75, 3.05) is 32.7 Å². The van der Waals surface area contributed by atoms with Gasteiger partial charge in [0.15, 0.2) is 11.5 Å². The first-order valence-electron chi connectivity index (χ1n) is 9.04. The van der Waals surface area contributed by atoms with Crippen LogP contribution in [0.3, 0.4) is 0 Å². The topological polar surface area (TPSA) is 133 Å². The summed E-state index contributed by atoms with van der Waals surface area (Å²) in [5.41, 5.74) is 0.899. The van der Waals surface area contributed by atoms with E-state index in [9.17, 15) is 14.0 Å². The van der Waals surface area contributed by atoms with Gasteiger partial charge in [0.05, 0.1) is 11.0 Å². The Labute approximate surface area is 185 Å². The number of aryl methyl sites for hydroxylation is 1. The van der Waals surface area contributed by atoms with Crippen molar-refractivity contribution in [3.63, 3.8) is 0 Å². The lowest BCUT2D eigenvalue weighted by Gasteiger charge is -2.34. The summed E-state index contributed by atoms with van der Waals surface area (Å²) in [6.07, 6.45) is 1.74. The zero-order valence-electron chi connectivity index (χ0n) is 16.5. The van der Waals surface area contributed by atoms with Crippen LogP contribution in [-0.4, -0.2) is 86.1 Å². The van der Waals surface area contributed by atoms with E-state index >= 15 is 0 Å². The third-order valence-electron chi connectivity index (χ3n) is 4.36. The monoisotopic (exact) mass is 498 g/mol. The molecule has 0 atom stereocenters. The van der Waals surface area contributed by atoms with Gasteiger partial charge >= 0.3 is 11.9 Å². The second-order valence-electron chi connectivity index (χ2n) is 6.61. The molecule has 0 unspecified atom stereocenters. The highest BCUT2D eigenvalue weighted by atomic mass is 79.9. The van der Waals surface area contributed by atoms with Crippen molar-refractivity contribution in [2.24, 2.45) is 7.05 Å². The molecular formula is C19H20BrFN4O6. The van der Waals surface area contributed by atoms with Gasteiger partial charge in [-0.1, -0.05) is 0 Å². The number of carbonyl (C=O) groups excluding carboxylic acids is 2. The Bertz CT molecular complexity index is 958. The van der Waals surface area contributed by atoms with Crippen LogP contribution in [0, 0.1) is 5.82 Å². The molecule has 0 spiro atoms. The summed E-state index contributed by atoms with van der Waals surface area (Å²) in [5.74, 6) is -4.17. The average molecular weight is 499 g/mol. The molecule has 0 radical (unpaired) electrons. The lowest BCUT2D eigenvalue weighted by atomic mass is 10.1. The Morgan fingerprint density at radius 3 is 2.03 bits per heavy atom. The van der Waals surface area contributed by atoms with Crippen molar-refractivity contribution in [1.82, 2.24) is 19.6 Å². The van der Waals surface area contributed by atoms with Gasteiger partial charge in [-0.15, -0.1) is 0 Å². The zero-order valence-corrected chi connectivity index (χ0v) is 18.1. The van der Waals surface area contributed by atoms with Crippen molar-refractivity contribution in [3.05, 3.63) is 52.0 Å². The van der Waals surface area contributed by atoms with E-state index in [4.69, 9.17) is 19.8 Å². The van der Waals surface area contributed by atoms with Crippen molar-refractivity contribution in [1.29, 1.82) is 0 Å². The number of halogens is 2. The molecule has 1 aliphatic rings. The van der Waals surface area contributed by atoms with Crippen molar-refractivity contribution in [2.45, 2.75) is 0 Å². The molecule has 0 aliphatic carbocycles. The van der Waals surface area contributed by atoms with Crippen LogP contribution in [0.4, 0.5) is 4.39 Å². The first kappa shape index (κ1) is 24.2. The van der Waals surface area contributed by atoms with E-state index in [1.165, 1.54) is 24.3 Å². The largest absolute Gasteiger partial charge is 0.473 e. The summed E-state index contributed by atoms with van der Waals surface area (Å²) >= 11 is 3.35. The minimum atomic E-state index is -1.82. The second kappa shape index (κ2) is 10.8. The smallest absolute Gasteiger partial charge is 0.414 e. The molecule has 1 aliphatic heterocycles. The van der Waals surface area contributed by atoms with Crippen LogP contribution in [0.25, 0.3) is 0 Å². The fraction of sp³-hybridized carbons (Fsp3) is 0.316. The summed E-state index contributed by atoms with van der Waals surface area (Å²) < 4.78 is 15.2. The van der Waals surface area contributed by atoms with Gasteiger partial charge in [-0.05, 0) is 40.2 Å². The minimum absolute atomic E-state index is 0.0488. The van der Waals surface area contributed by atoms with Crippen LogP contribution < -0.4 is 0 Å². The number of piperazine rings is 1. The SMILES string of the molecule is Cn1cc(Br)c(C(=O)N2CCN(CC(=O)c3ccc(F)cc3)CC2)n1.O=C(O)C(=O)O. The average Bonchev–Trinajstić information content (AvgIpc) is 3.07. The number of rotatable bonds is 4.